The van der Waals surface area contributed by atoms with Gasteiger partial charge in [-0.05, 0) is 23.1 Å². The maximum absolute atomic E-state index is 11.8. The van der Waals surface area contributed by atoms with E-state index in [2.05, 4.69) is 41.3 Å². The minimum atomic E-state index is -0.0603. The number of aromatic nitrogens is 3. The molecule has 1 aromatic carbocycles. The lowest BCUT2D eigenvalue weighted by atomic mass is 9.87. The third-order valence-electron chi connectivity index (χ3n) is 2.77. The number of nitrogens with zero attached hydrogens (tertiary/aromatic N) is 2. The summed E-state index contributed by atoms with van der Waals surface area (Å²) in [7, 11) is 0. The summed E-state index contributed by atoms with van der Waals surface area (Å²) in [6.07, 6.45) is 1.42. The van der Waals surface area contributed by atoms with Crippen LogP contribution in [0, 0.1) is 0 Å². The van der Waals surface area contributed by atoms with Crippen molar-refractivity contribution in [3.05, 3.63) is 36.2 Å². The molecular weight excluding hydrogens is 272 g/mol. The van der Waals surface area contributed by atoms with Crippen molar-refractivity contribution in [3.8, 4) is 0 Å². The summed E-state index contributed by atoms with van der Waals surface area (Å²) < 4.78 is 0. The molecule has 0 unspecified atom stereocenters. The number of amides is 1. The number of hydrogen-bond acceptors (Lipinski definition) is 4. The van der Waals surface area contributed by atoms with Crippen molar-refractivity contribution in [1.29, 1.82) is 0 Å². The number of hydrogen-bond donors (Lipinski definition) is 2. The second-order valence-corrected chi connectivity index (χ2v) is 6.42. The Kier molecular flexibility index (Phi) is 4.44. The number of thioether (sulfide) groups is 1. The highest BCUT2D eigenvalue weighted by molar-refractivity contribution is 7.99. The van der Waals surface area contributed by atoms with Crippen molar-refractivity contribution in [2.24, 2.45) is 0 Å². The molecule has 0 spiro atoms. The van der Waals surface area contributed by atoms with Crippen molar-refractivity contribution >= 4 is 23.4 Å². The van der Waals surface area contributed by atoms with E-state index in [0.717, 1.165) is 5.69 Å². The smallest absolute Gasteiger partial charge is 0.234 e. The van der Waals surface area contributed by atoms with Crippen LogP contribution >= 0.6 is 11.8 Å². The van der Waals surface area contributed by atoms with Gasteiger partial charge in [-0.2, -0.15) is 5.10 Å². The zero-order chi connectivity index (χ0) is 14.6. The van der Waals surface area contributed by atoms with E-state index in [0.29, 0.717) is 10.9 Å². The third kappa shape index (κ3) is 4.09. The van der Waals surface area contributed by atoms with Crippen LogP contribution in [0.25, 0.3) is 0 Å². The van der Waals surface area contributed by atoms with Crippen LogP contribution in [0.4, 0.5) is 5.69 Å². The number of carbonyl (C=O) groups excluding carboxylic acids is 1. The molecule has 5 nitrogen and oxygen atoms in total. The molecule has 1 aromatic heterocycles. The van der Waals surface area contributed by atoms with Crippen LogP contribution < -0.4 is 5.32 Å². The largest absolute Gasteiger partial charge is 0.325 e. The molecule has 0 saturated carbocycles. The Morgan fingerprint density at radius 2 is 2.05 bits per heavy atom. The zero-order valence-corrected chi connectivity index (χ0v) is 12.6. The van der Waals surface area contributed by atoms with Crippen molar-refractivity contribution in [1.82, 2.24) is 15.2 Å². The van der Waals surface area contributed by atoms with Gasteiger partial charge in [0.2, 0.25) is 5.91 Å². The molecule has 0 atom stereocenters. The Balaban J connectivity index is 0.00000220. The van der Waals surface area contributed by atoms with Crippen molar-refractivity contribution in [2.75, 3.05) is 11.1 Å². The van der Waals surface area contributed by atoms with E-state index in [1.807, 2.05) is 24.3 Å². The summed E-state index contributed by atoms with van der Waals surface area (Å²) in [5.41, 5.74) is 2.16. The van der Waals surface area contributed by atoms with Crippen molar-refractivity contribution < 1.29 is 7.65 Å². The van der Waals surface area contributed by atoms with Gasteiger partial charge in [-0.25, -0.2) is 4.98 Å². The lowest BCUT2D eigenvalue weighted by molar-refractivity contribution is -0.113. The lowest BCUT2D eigenvalue weighted by Gasteiger charge is -2.19. The molecule has 6 heteroatoms. The molecule has 0 aliphatic carbocycles. The molecule has 0 saturated heterocycles. The quantitative estimate of drug-likeness (QED) is 0.849. The Bertz CT molecular complexity index is 568. The topological polar surface area (TPSA) is 70.7 Å². The number of H-pyrrole nitrogens is 1. The second-order valence-electron chi connectivity index (χ2n) is 5.45. The van der Waals surface area contributed by atoms with Gasteiger partial charge in [0.25, 0.3) is 0 Å². The third-order valence-corrected chi connectivity index (χ3v) is 3.64. The van der Waals surface area contributed by atoms with E-state index < -0.39 is 0 Å². The molecule has 2 rings (SSSR count). The van der Waals surface area contributed by atoms with Gasteiger partial charge in [-0.15, -0.1) is 0 Å². The van der Waals surface area contributed by atoms with Gasteiger partial charge in [0.1, 0.15) is 6.33 Å². The fraction of sp³-hybridized carbons (Fsp3) is 0.357. The molecule has 2 N–H and O–H groups in total. The Hall–Kier alpha value is -1.82. The highest BCUT2D eigenvalue weighted by atomic mass is 32.2. The van der Waals surface area contributed by atoms with Gasteiger partial charge < -0.3 is 5.32 Å². The molecule has 0 fully saturated rings. The Labute approximate surface area is 125 Å². The summed E-state index contributed by atoms with van der Waals surface area (Å²) in [5, 5.41) is 9.93. The van der Waals surface area contributed by atoms with Crippen molar-refractivity contribution in [3.63, 3.8) is 0 Å². The van der Waals surface area contributed by atoms with Crippen LogP contribution in [0.3, 0.4) is 0 Å². The zero-order valence-electron chi connectivity index (χ0n) is 11.8. The molecule has 20 heavy (non-hydrogen) atoms. The number of carbonyl (C=O) groups is 1. The molecule has 0 radical (unpaired) electrons. The average Bonchev–Trinajstić information content (AvgIpc) is 2.89. The summed E-state index contributed by atoms with van der Waals surface area (Å²) in [6.45, 7) is 6.48. The highest BCUT2D eigenvalue weighted by Crippen LogP contribution is 2.23. The molecular formula is C14H22N4OS. The first-order valence-corrected chi connectivity index (χ1v) is 7.32. The van der Waals surface area contributed by atoms with Gasteiger partial charge in [0.05, 0.1) is 5.75 Å². The minimum absolute atomic E-state index is 0. The highest BCUT2D eigenvalue weighted by Gasteiger charge is 2.13. The summed E-state index contributed by atoms with van der Waals surface area (Å²) in [6, 6.07) is 7.94. The van der Waals surface area contributed by atoms with Crippen LogP contribution in [0.1, 0.15) is 29.2 Å². The molecule has 0 aliphatic rings. The summed E-state index contributed by atoms with van der Waals surface area (Å²) >= 11 is 1.32. The first-order valence-electron chi connectivity index (χ1n) is 6.34. The van der Waals surface area contributed by atoms with E-state index in [-0.39, 0.29) is 14.2 Å². The Morgan fingerprint density at radius 1 is 1.35 bits per heavy atom. The molecule has 110 valence electrons. The predicted molar refractivity (Wildman–Crippen MR) is 85.1 cm³/mol. The van der Waals surface area contributed by atoms with Gasteiger partial charge in [0.15, 0.2) is 5.16 Å². The van der Waals surface area contributed by atoms with Crippen LogP contribution in [0.2, 0.25) is 0 Å². The maximum atomic E-state index is 11.8. The van der Waals surface area contributed by atoms with Crippen LogP contribution in [0.15, 0.2) is 35.7 Å². The molecule has 1 heterocycles. The number of anilines is 1. The van der Waals surface area contributed by atoms with Gasteiger partial charge >= 0.3 is 0 Å². The van der Waals surface area contributed by atoms with E-state index in [1.165, 1.54) is 23.7 Å². The summed E-state index contributed by atoms with van der Waals surface area (Å²) in [5.74, 6) is 0.242. The van der Waals surface area contributed by atoms with E-state index >= 15 is 0 Å². The van der Waals surface area contributed by atoms with E-state index in [9.17, 15) is 4.79 Å². The molecule has 0 bridgehead atoms. The van der Waals surface area contributed by atoms with Crippen LogP contribution in [-0.4, -0.2) is 26.8 Å². The normalized spacial score (nSPS) is 11.3. The van der Waals surface area contributed by atoms with E-state index in [1.54, 1.807) is 0 Å². The second kappa shape index (κ2) is 6.09. The van der Waals surface area contributed by atoms with Crippen LogP contribution in [-0.2, 0) is 10.2 Å². The number of nitrogens with one attached hydrogen (secondary N) is 2. The number of rotatable bonds is 4. The van der Waals surface area contributed by atoms with Gasteiger partial charge in [0, 0.05) is 8.54 Å². The summed E-state index contributed by atoms with van der Waals surface area (Å²) in [4.78, 5) is 15.7. The number of benzene rings is 1. The monoisotopic (exact) mass is 294 g/mol. The molecule has 2 aromatic rings. The van der Waals surface area contributed by atoms with Crippen molar-refractivity contribution in [2.45, 2.75) is 31.3 Å². The first kappa shape index (κ1) is 14.6. The lowest BCUT2D eigenvalue weighted by Crippen LogP contribution is -2.15. The van der Waals surface area contributed by atoms with E-state index in [4.69, 9.17) is 0 Å². The standard InChI is InChI=1S/C14H18N4OS.2H2/c1-14(2,3)10-4-6-11(7-5-10)17-12(19)8-20-13-15-9-16-18-13;;/h4-7,9H,8H2,1-3H3,(H,17,19)(H,15,16,18);2*1H. The van der Waals surface area contributed by atoms with Gasteiger partial charge in [-0.1, -0.05) is 44.7 Å². The fourth-order valence-electron chi connectivity index (χ4n) is 1.65. The van der Waals surface area contributed by atoms with Crippen LogP contribution in [0.5, 0.6) is 0 Å². The minimum Gasteiger partial charge on any atom is -0.325 e. The molecule has 1 amide bonds. The first-order chi connectivity index (χ1) is 9.45. The molecule has 0 aliphatic heterocycles. The predicted octanol–water partition coefficient (Wildman–Crippen LogP) is 3.33. The Morgan fingerprint density at radius 3 is 2.60 bits per heavy atom. The average molecular weight is 294 g/mol. The number of aromatic amines is 1. The van der Waals surface area contributed by atoms with Gasteiger partial charge in [-0.3, -0.25) is 9.89 Å². The fourth-order valence-corrected chi connectivity index (χ4v) is 2.23. The maximum Gasteiger partial charge on any atom is 0.234 e. The SMILES string of the molecule is CC(C)(C)c1ccc(NC(=O)CSc2ncn[nH]2)cc1.[HH].[HH].